The van der Waals surface area contributed by atoms with Crippen molar-refractivity contribution in [3.8, 4) is 0 Å². The molecule has 0 radical (unpaired) electrons. The lowest BCUT2D eigenvalue weighted by Crippen LogP contribution is -2.62. The number of hydrogen-bond acceptors (Lipinski definition) is 3. The van der Waals surface area contributed by atoms with Crippen LogP contribution in [0.5, 0.6) is 0 Å². The van der Waals surface area contributed by atoms with Crippen LogP contribution in [0.2, 0.25) is 0 Å². The van der Waals surface area contributed by atoms with Crippen molar-refractivity contribution in [2.24, 2.45) is 0 Å². The van der Waals surface area contributed by atoms with Gasteiger partial charge < -0.3 is 9.80 Å². The Morgan fingerprint density at radius 1 is 0.523 bits per heavy atom. The van der Waals surface area contributed by atoms with Crippen LogP contribution in [0.4, 0.5) is 34.1 Å². The monoisotopic (exact) mass is 890 g/mol. The topological polar surface area (TPSA) is 6.48 Å². The van der Waals surface area contributed by atoms with Gasteiger partial charge in [0, 0.05) is 33.3 Å². The third-order valence-corrected chi connectivity index (χ3v) is 17.9. The molecular weight excluding hydrogens is 804 g/mol. The van der Waals surface area contributed by atoms with Crippen LogP contribution in [-0.2, 0) is 37.9 Å². The molecule has 0 atom stereocenters. The van der Waals surface area contributed by atoms with Crippen molar-refractivity contribution in [1.29, 1.82) is 0 Å². The highest BCUT2D eigenvalue weighted by Crippen LogP contribution is 2.57. The smallest absolute Gasteiger partial charge is 0.252 e. The zero-order chi connectivity index (χ0) is 57.7. The number of thiophene rings is 1. The van der Waals surface area contributed by atoms with E-state index in [1.165, 1.54) is 11.3 Å². The van der Waals surface area contributed by atoms with Gasteiger partial charge in [0.15, 0.2) is 0 Å². The summed E-state index contributed by atoms with van der Waals surface area (Å²) < 4.78 is 135. The average molecular weight is 890 g/mol. The number of anilines is 6. The quantitative estimate of drug-likeness (QED) is 0.160. The molecular formula is C61H73BN2S. The van der Waals surface area contributed by atoms with Crippen LogP contribution in [0.25, 0.3) is 10.1 Å². The molecule has 0 fully saturated rings. The van der Waals surface area contributed by atoms with E-state index in [9.17, 15) is 17.8 Å². The Kier molecular flexibility index (Phi) is 6.40. The molecule has 2 aliphatic heterocycles. The average Bonchev–Trinajstić information content (AvgIpc) is 3.05. The van der Waals surface area contributed by atoms with Crippen LogP contribution in [-0.4, -0.2) is 6.71 Å². The predicted molar refractivity (Wildman–Crippen MR) is 285 cm³/mol. The molecule has 5 aliphatic rings. The van der Waals surface area contributed by atoms with Crippen LogP contribution in [0, 0.1) is 6.92 Å². The summed E-state index contributed by atoms with van der Waals surface area (Å²) in [7, 11) is 0. The Hall–Kier alpha value is -4.28. The second-order valence-electron chi connectivity index (χ2n) is 25.1. The van der Waals surface area contributed by atoms with E-state index in [1.54, 1.807) is 16.7 Å². The van der Waals surface area contributed by atoms with Gasteiger partial charge in [-0.05, 0) is 186 Å². The maximum atomic E-state index is 10.9. The van der Waals surface area contributed by atoms with E-state index in [2.05, 4.69) is 69.2 Å². The van der Waals surface area contributed by atoms with Gasteiger partial charge in [0.1, 0.15) is 0 Å². The Morgan fingerprint density at radius 2 is 1.05 bits per heavy atom. The Morgan fingerprint density at radius 3 is 1.66 bits per heavy atom. The fourth-order valence-electron chi connectivity index (χ4n) is 11.8. The lowest BCUT2D eigenvalue weighted by atomic mass is 9.33. The highest BCUT2D eigenvalue weighted by Gasteiger charge is 2.49. The zero-order valence-electron chi connectivity index (χ0n) is 54.6. The maximum absolute atomic E-state index is 10.9. The van der Waals surface area contributed by atoms with E-state index >= 15 is 0 Å². The van der Waals surface area contributed by atoms with Gasteiger partial charge in [0.25, 0.3) is 6.71 Å². The van der Waals surface area contributed by atoms with Gasteiger partial charge in [-0.2, -0.15) is 0 Å². The third kappa shape index (κ3) is 6.23. The van der Waals surface area contributed by atoms with E-state index in [1.807, 2.05) is 34.6 Å². The van der Waals surface area contributed by atoms with Crippen molar-refractivity contribution in [1.82, 2.24) is 0 Å². The molecule has 0 bridgehead atoms. The maximum Gasteiger partial charge on any atom is 0.252 e. The highest BCUT2D eigenvalue weighted by atomic mass is 32.1. The summed E-state index contributed by atoms with van der Waals surface area (Å²) in [6, 6.07) is -2.10. The molecule has 0 N–H and O–H groups in total. The van der Waals surface area contributed by atoms with E-state index in [4.69, 9.17) is 0 Å². The lowest BCUT2D eigenvalue weighted by molar-refractivity contribution is 0.332. The number of benzene rings is 5. The molecule has 3 heterocycles. The van der Waals surface area contributed by atoms with Crippen molar-refractivity contribution >= 4 is 78.6 Å². The molecule has 336 valence electrons. The van der Waals surface area contributed by atoms with E-state index < -0.39 is 39.2 Å². The third-order valence-electron chi connectivity index (χ3n) is 16.3. The molecule has 2 nitrogen and oxygen atoms in total. The molecule has 65 heavy (non-hydrogen) atoms. The summed E-state index contributed by atoms with van der Waals surface area (Å²) >= 11 is 1.50. The molecule has 0 unspecified atom stereocenters. The molecule has 0 amide bonds. The Balaban J connectivity index is 1.45. The molecule has 6 aromatic rings. The second-order valence-corrected chi connectivity index (χ2v) is 26.1. The number of hydrogen-bond donors (Lipinski definition) is 0. The Bertz CT molecular complexity index is 3740. The highest BCUT2D eigenvalue weighted by molar-refractivity contribution is 7.20. The molecule has 0 saturated carbocycles. The van der Waals surface area contributed by atoms with Crippen molar-refractivity contribution in [2.75, 3.05) is 9.80 Å². The summed E-state index contributed by atoms with van der Waals surface area (Å²) in [5, 5.41) is 0.547. The fourth-order valence-corrected chi connectivity index (χ4v) is 13.4. The lowest BCUT2D eigenvalue weighted by Gasteiger charge is -2.48. The largest absolute Gasteiger partial charge is 0.311 e. The minimum absolute atomic E-state index is 0.0340. The van der Waals surface area contributed by atoms with E-state index in [0.717, 1.165) is 29.7 Å². The summed E-state index contributed by atoms with van der Waals surface area (Å²) in [4.78, 5) is 4.26. The van der Waals surface area contributed by atoms with Crippen molar-refractivity contribution in [2.45, 2.75) is 187 Å². The first-order valence-corrected chi connectivity index (χ1v) is 24.8. The van der Waals surface area contributed by atoms with Crippen LogP contribution in [0.1, 0.15) is 204 Å². The summed E-state index contributed by atoms with van der Waals surface area (Å²) in [5.74, 6) is 0. The minimum Gasteiger partial charge on any atom is -0.311 e. The van der Waals surface area contributed by atoms with Gasteiger partial charge in [-0.1, -0.05) is 140 Å². The van der Waals surface area contributed by atoms with E-state index in [0.29, 0.717) is 57.3 Å². The van der Waals surface area contributed by atoms with Gasteiger partial charge in [-0.25, -0.2) is 0 Å². The molecule has 3 aliphatic carbocycles. The molecule has 4 heteroatoms. The van der Waals surface area contributed by atoms with Crippen LogP contribution in [0.3, 0.4) is 0 Å². The van der Waals surface area contributed by atoms with Crippen molar-refractivity contribution in [3.63, 3.8) is 0 Å². The first kappa shape index (κ1) is 30.9. The number of nitrogens with zero attached hydrogens (tertiary/aromatic N) is 2. The van der Waals surface area contributed by atoms with Gasteiger partial charge in [0.2, 0.25) is 0 Å². The fraction of sp³-hybridized carbons (Fsp3) is 0.475. The molecule has 0 spiro atoms. The summed E-state index contributed by atoms with van der Waals surface area (Å²) in [5.41, 5.74) is 0.855. The van der Waals surface area contributed by atoms with Crippen LogP contribution in [0.15, 0.2) is 78.6 Å². The standard InChI is InChI=1S/C61H73BN2S/c1-36-31-48-51-49(32-36)64(38-19-17-37(18-20-38)55(2,3)4)52-45(24-22-40-50-54(65-53(40)52)61(15,16)30-29-60(50,13)14)62(51)46-34-43-44(59(11,12)28-27-58(43,9)10)35-47(46)63(48)39-21-23-41-42(33-39)57(7,8)26-25-56(41,5)6/h17-24,31-35H,25-30H2,1-16H3/i17D,18D,19D,20D,21D,22D,23D,24D,31D,32D,33D,34D,35D. The first-order valence-electron chi connectivity index (χ1n) is 30.5. The molecule has 0 saturated heterocycles. The van der Waals surface area contributed by atoms with Gasteiger partial charge in [0.05, 0.1) is 28.2 Å². The molecule has 5 aromatic carbocycles. The van der Waals surface area contributed by atoms with Crippen LogP contribution < -0.4 is 26.2 Å². The second kappa shape index (κ2) is 13.5. The number of fused-ring (bicyclic) bond motifs is 10. The van der Waals surface area contributed by atoms with Crippen molar-refractivity contribution in [3.05, 3.63) is 122 Å². The van der Waals surface area contributed by atoms with Gasteiger partial charge >= 0.3 is 0 Å². The SMILES string of the molecule is [2H]c1c([2H])c2c(c([2H])c1N1c3c([2H])c4c(c([2H])c3B3c5c1c([2H])c(C)c([2H])c5N(c1c([2H])c([2H])c(C(C)(C)C)c([2H])c1[2H])c1c3c([2H])c([2H])c3c5c(sc13)C(C)(C)CCC5(C)C)C(C)(C)CCC4(C)C)C(C)(C)CCC2(C)C. The summed E-state index contributed by atoms with van der Waals surface area (Å²) in [6.45, 7) is 31.2. The predicted octanol–water partition coefficient (Wildman–Crippen LogP) is 15.6. The minimum atomic E-state index is -1.22. The first-order chi connectivity index (χ1) is 35.7. The van der Waals surface area contributed by atoms with E-state index in [-0.39, 0.29) is 140 Å². The number of rotatable bonds is 2. The summed E-state index contributed by atoms with van der Waals surface area (Å²) in [6.07, 6.45) is 4.45. The Labute approximate surface area is 414 Å². The van der Waals surface area contributed by atoms with Gasteiger partial charge in [-0.3, -0.25) is 0 Å². The molecule has 1 aromatic heterocycles. The molecule has 11 rings (SSSR count). The normalized spacial score (nSPS) is 24.0. The van der Waals surface area contributed by atoms with Crippen LogP contribution >= 0.6 is 11.3 Å². The van der Waals surface area contributed by atoms with Gasteiger partial charge in [-0.15, -0.1) is 11.3 Å². The zero-order valence-corrected chi connectivity index (χ0v) is 42.4. The van der Waals surface area contributed by atoms with Crippen molar-refractivity contribution < 1.29 is 17.8 Å².